The van der Waals surface area contributed by atoms with Gasteiger partial charge in [-0.1, -0.05) is 0 Å². The first-order valence-corrected chi connectivity index (χ1v) is 3.33. The first-order chi connectivity index (χ1) is 5.26. The fourth-order valence-electron chi connectivity index (χ4n) is 0.853. The first-order valence-electron chi connectivity index (χ1n) is 3.33. The molecule has 0 atom stereocenters. The van der Waals surface area contributed by atoms with Crippen LogP contribution < -0.4 is 5.32 Å². The van der Waals surface area contributed by atoms with Crippen molar-refractivity contribution in [2.75, 3.05) is 12.4 Å². The summed E-state index contributed by atoms with van der Waals surface area (Å²) >= 11 is 0. The highest BCUT2D eigenvalue weighted by molar-refractivity contribution is 5.41. The van der Waals surface area contributed by atoms with Crippen LogP contribution in [0.1, 0.15) is 11.3 Å². The lowest BCUT2D eigenvalue weighted by atomic mass is 10.2. The summed E-state index contributed by atoms with van der Waals surface area (Å²) in [5, 5.41) is 11.4. The maximum absolute atomic E-state index is 8.54. The number of aromatic nitrogens is 1. The molecule has 0 amide bonds. The van der Waals surface area contributed by atoms with E-state index in [9.17, 15) is 0 Å². The molecule has 0 spiro atoms. The lowest BCUT2D eigenvalue weighted by Crippen LogP contribution is -1.94. The molecule has 0 saturated heterocycles. The maximum Gasteiger partial charge on any atom is 0.143 e. The Balaban J connectivity index is 3.15. The number of anilines is 1. The molecule has 0 bridgehead atoms. The van der Waals surface area contributed by atoms with Crippen LogP contribution in [0.5, 0.6) is 0 Å². The van der Waals surface area contributed by atoms with E-state index in [1.165, 1.54) is 0 Å². The number of nitrogens with one attached hydrogen (secondary N) is 1. The lowest BCUT2D eigenvalue weighted by Gasteiger charge is -1.99. The molecule has 0 fully saturated rings. The second-order valence-corrected chi connectivity index (χ2v) is 2.28. The van der Waals surface area contributed by atoms with Gasteiger partial charge in [0.25, 0.3) is 0 Å². The van der Waals surface area contributed by atoms with Crippen molar-refractivity contribution in [1.82, 2.24) is 4.98 Å². The molecular formula is C8H9N3. The molecule has 1 heterocycles. The van der Waals surface area contributed by atoms with Gasteiger partial charge in [-0.15, -0.1) is 0 Å². The second kappa shape index (κ2) is 3.02. The van der Waals surface area contributed by atoms with E-state index in [0.29, 0.717) is 5.69 Å². The van der Waals surface area contributed by atoms with Gasteiger partial charge in [0.1, 0.15) is 17.6 Å². The zero-order valence-electron chi connectivity index (χ0n) is 6.55. The Bertz CT molecular complexity index is 299. The monoisotopic (exact) mass is 147 g/mol. The number of hydrogen-bond donors (Lipinski definition) is 1. The minimum Gasteiger partial charge on any atom is -0.373 e. The van der Waals surface area contributed by atoms with E-state index in [4.69, 9.17) is 5.26 Å². The zero-order valence-corrected chi connectivity index (χ0v) is 6.55. The molecular weight excluding hydrogens is 138 g/mol. The topological polar surface area (TPSA) is 48.7 Å². The standard InChI is InChI=1S/C8H9N3/c1-6-3-7(5-9)11-8(4-6)10-2/h3-4H,1-2H3,(H,10,11). The predicted molar refractivity (Wildman–Crippen MR) is 43.2 cm³/mol. The maximum atomic E-state index is 8.54. The molecule has 0 saturated carbocycles. The van der Waals surface area contributed by atoms with Crippen molar-refractivity contribution in [2.24, 2.45) is 0 Å². The van der Waals surface area contributed by atoms with Gasteiger partial charge in [-0.2, -0.15) is 5.26 Å². The molecule has 1 aromatic rings. The summed E-state index contributed by atoms with van der Waals surface area (Å²) in [5.41, 5.74) is 1.50. The smallest absolute Gasteiger partial charge is 0.143 e. The second-order valence-electron chi connectivity index (χ2n) is 2.28. The fourth-order valence-corrected chi connectivity index (χ4v) is 0.853. The summed E-state index contributed by atoms with van der Waals surface area (Å²) in [6.45, 7) is 1.93. The summed E-state index contributed by atoms with van der Waals surface area (Å²) in [7, 11) is 1.78. The SMILES string of the molecule is CNc1cc(C)cc(C#N)n1. The minimum atomic E-state index is 0.453. The van der Waals surface area contributed by atoms with Crippen LogP contribution in [0, 0.1) is 18.3 Å². The molecule has 0 unspecified atom stereocenters. The van der Waals surface area contributed by atoms with Gasteiger partial charge in [-0.05, 0) is 24.6 Å². The van der Waals surface area contributed by atoms with Gasteiger partial charge in [0, 0.05) is 7.05 Å². The minimum absolute atomic E-state index is 0.453. The predicted octanol–water partition coefficient (Wildman–Crippen LogP) is 1.30. The Morgan fingerprint density at radius 2 is 2.27 bits per heavy atom. The van der Waals surface area contributed by atoms with E-state index in [1.807, 2.05) is 19.1 Å². The van der Waals surface area contributed by atoms with Gasteiger partial charge in [0.2, 0.25) is 0 Å². The molecule has 3 heteroatoms. The average molecular weight is 147 g/mol. The first kappa shape index (κ1) is 7.55. The quantitative estimate of drug-likeness (QED) is 0.651. The van der Waals surface area contributed by atoms with Gasteiger partial charge in [0.15, 0.2) is 0 Å². The van der Waals surface area contributed by atoms with Gasteiger partial charge >= 0.3 is 0 Å². The third-order valence-electron chi connectivity index (χ3n) is 1.34. The normalized spacial score (nSPS) is 8.82. The van der Waals surface area contributed by atoms with Crippen molar-refractivity contribution in [3.8, 4) is 6.07 Å². The molecule has 56 valence electrons. The van der Waals surface area contributed by atoms with Crippen LogP contribution in [0.4, 0.5) is 5.82 Å². The third-order valence-corrected chi connectivity index (χ3v) is 1.34. The van der Waals surface area contributed by atoms with E-state index in [-0.39, 0.29) is 0 Å². The van der Waals surface area contributed by atoms with Crippen molar-refractivity contribution in [3.63, 3.8) is 0 Å². The van der Waals surface area contributed by atoms with Gasteiger partial charge in [-0.3, -0.25) is 0 Å². The van der Waals surface area contributed by atoms with Crippen molar-refractivity contribution >= 4 is 5.82 Å². The Kier molecular flexibility index (Phi) is 2.07. The molecule has 0 aliphatic rings. The summed E-state index contributed by atoms with van der Waals surface area (Å²) in [5.74, 6) is 0.738. The van der Waals surface area contributed by atoms with Crippen LogP contribution in [-0.4, -0.2) is 12.0 Å². The Labute approximate surface area is 65.7 Å². The van der Waals surface area contributed by atoms with Crippen molar-refractivity contribution in [1.29, 1.82) is 5.26 Å². The third kappa shape index (κ3) is 1.68. The molecule has 11 heavy (non-hydrogen) atoms. The van der Waals surface area contributed by atoms with Crippen LogP contribution >= 0.6 is 0 Å². The van der Waals surface area contributed by atoms with Crippen LogP contribution in [0.3, 0.4) is 0 Å². The Morgan fingerprint density at radius 1 is 1.55 bits per heavy atom. The molecule has 0 aromatic carbocycles. The number of nitrogens with zero attached hydrogens (tertiary/aromatic N) is 2. The summed E-state index contributed by atoms with van der Waals surface area (Å²) in [6.07, 6.45) is 0. The molecule has 0 aliphatic heterocycles. The van der Waals surface area contributed by atoms with E-state index < -0.39 is 0 Å². The zero-order chi connectivity index (χ0) is 8.27. The van der Waals surface area contributed by atoms with Gasteiger partial charge in [0.05, 0.1) is 0 Å². The number of hydrogen-bond acceptors (Lipinski definition) is 3. The van der Waals surface area contributed by atoms with Crippen LogP contribution in [0.15, 0.2) is 12.1 Å². The lowest BCUT2D eigenvalue weighted by molar-refractivity contribution is 1.21. The summed E-state index contributed by atoms with van der Waals surface area (Å²) in [6, 6.07) is 5.63. The number of rotatable bonds is 1. The molecule has 0 aliphatic carbocycles. The fraction of sp³-hybridized carbons (Fsp3) is 0.250. The van der Waals surface area contributed by atoms with E-state index >= 15 is 0 Å². The highest BCUT2D eigenvalue weighted by Crippen LogP contribution is 2.07. The summed E-state index contributed by atoms with van der Waals surface area (Å²) in [4.78, 5) is 4.00. The van der Waals surface area contributed by atoms with E-state index in [1.54, 1.807) is 13.1 Å². The van der Waals surface area contributed by atoms with Crippen molar-refractivity contribution in [3.05, 3.63) is 23.4 Å². The Hall–Kier alpha value is -1.56. The largest absolute Gasteiger partial charge is 0.373 e. The Morgan fingerprint density at radius 3 is 2.82 bits per heavy atom. The molecule has 1 rings (SSSR count). The highest BCUT2D eigenvalue weighted by atomic mass is 15.0. The van der Waals surface area contributed by atoms with Crippen LogP contribution in [0.2, 0.25) is 0 Å². The van der Waals surface area contributed by atoms with Gasteiger partial charge in [-0.25, -0.2) is 4.98 Å². The van der Waals surface area contributed by atoms with E-state index in [0.717, 1.165) is 11.4 Å². The van der Waals surface area contributed by atoms with E-state index in [2.05, 4.69) is 10.3 Å². The molecule has 1 N–H and O–H groups in total. The molecule has 0 radical (unpaired) electrons. The summed E-state index contributed by atoms with van der Waals surface area (Å²) < 4.78 is 0. The van der Waals surface area contributed by atoms with Gasteiger partial charge < -0.3 is 5.32 Å². The number of pyridine rings is 1. The highest BCUT2D eigenvalue weighted by Gasteiger charge is 1.95. The van der Waals surface area contributed by atoms with Crippen molar-refractivity contribution in [2.45, 2.75) is 6.92 Å². The molecule has 1 aromatic heterocycles. The number of nitriles is 1. The van der Waals surface area contributed by atoms with Crippen LogP contribution in [0.25, 0.3) is 0 Å². The molecule has 3 nitrogen and oxygen atoms in total. The number of aryl methyl sites for hydroxylation is 1. The van der Waals surface area contributed by atoms with Crippen LogP contribution in [-0.2, 0) is 0 Å². The van der Waals surface area contributed by atoms with Crippen molar-refractivity contribution < 1.29 is 0 Å². The average Bonchev–Trinajstić information content (AvgIpc) is 2.03.